The summed E-state index contributed by atoms with van der Waals surface area (Å²) in [5.41, 5.74) is 5.52. The van der Waals surface area contributed by atoms with Crippen molar-refractivity contribution in [3.63, 3.8) is 0 Å². The van der Waals surface area contributed by atoms with Gasteiger partial charge in [0, 0.05) is 25.8 Å². The van der Waals surface area contributed by atoms with Crippen LogP contribution in [0.2, 0.25) is 0 Å². The van der Waals surface area contributed by atoms with Crippen molar-refractivity contribution in [1.82, 2.24) is 20.0 Å². The third-order valence-electron chi connectivity index (χ3n) is 2.65. The number of nitrogen functional groups attached to an aromatic ring is 1. The molecule has 1 aromatic heterocycles. The van der Waals surface area contributed by atoms with Crippen LogP contribution in [-0.2, 0) is 11.3 Å². The molecule has 1 aliphatic rings. The van der Waals surface area contributed by atoms with Crippen LogP contribution in [0.15, 0.2) is 12.3 Å². The van der Waals surface area contributed by atoms with Gasteiger partial charge in [0.25, 0.3) is 0 Å². The number of hydrogen-bond acceptors (Lipinski definition) is 4. The molecule has 0 aliphatic carbocycles. The number of nitrogens with one attached hydrogen (secondary N) is 1. The zero-order valence-electron chi connectivity index (χ0n) is 9.22. The summed E-state index contributed by atoms with van der Waals surface area (Å²) in [5, 5.41) is 6.96. The van der Waals surface area contributed by atoms with Crippen LogP contribution < -0.4 is 11.1 Å². The van der Waals surface area contributed by atoms with E-state index in [1.54, 1.807) is 10.7 Å². The van der Waals surface area contributed by atoms with Crippen LogP contribution in [0.4, 0.5) is 5.82 Å². The van der Waals surface area contributed by atoms with Crippen LogP contribution in [0.25, 0.3) is 0 Å². The first kappa shape index (κ1) is 10.9. The molecular formula is C10H17N5O. The predicted octanol–water partition coefficient (Wildman–Crippen LogP) is -0.713. The van der Waals surface area contributed by atoms with E-state index < -0.39 is 0 Å². The number of nitrogens with two attached hydrogens (primary N) is 1. The standard InChI is InChI=1S/C10H17N5O/c11-9-2-5-15(13-9)7-6-14-4-1-3-12-10(16)8-14/h2,5H,1,3-4,6-8H2,(H2,11,13)(H,12,16). The second kappa shape index (κ2) is 4.98. The summed E-state index contributed by atoms with van der Waals surface area (Å²) >= 11 is 0. The molecule has 0 radical (unpaired) electrons. The predicted molar refractivity (Wildman–Crippen MR) is 60.7 cm³/mol. The van der Waals surface area contributed by atoms with E-state index in [-0.39, 0.29) is 5.91 Å². The fourth-order valence-corrected chi connectivity index (χ4v) is 1.81. The summed E-state index contributed by atoms with van der Waals surface area (Å²) in [4.78, 5) is 13.5. The first-order valence-electron chi connectivity index (χ1n) is 5.52. The maximum absolute atomic E-state index is 11.3. The van der Waals surface area contributed by atoms with Crippen LogP contribution in [0.3, 0.4) is 0 Å². The van der Waals surface area contributed by atoms with E-state index in [4.69, 9.17) is 5.73 Å². The van der Waals surface area contributed by atoms with Crippen molar-refractivity contribution < 1.29 is 4.79 Å². The molecular weight excluding hydrogens is 206 g/mol. The molecule has 2 heterocycles. The Balaban J connectivity index is 1.82. The van der Waals surface area contributed by atoms with Crippen molar-refractivity contribution in [3.05, 3.63) is 12.3 Å². The molecule has 6 heteroatoms. The molecule has 1 aromatic rings. The van der Waals surface area contributed by atoms with Gasteiger partial charge in [-0.15, -0.1) is 0 Å². The fourth-order valence-electron chi connectivity index (χ4n) is 1.81. The molecule has 1 saturated heterocycles. The first-order valence-corrected chi connectivity index (χ1v) is 5.52. The van der Waals surface area contributed by atoms with E-state index in [1.807, 2.05) is 6.20 Å². The number of nitrogens with zero attached hydrogens (tertiary/aromatic N) is 3. The van der Waals surface area contributed by atoms with Crippen molar-refractivity contribution >= 4 is 11.7 Å². The van der Waals surface area contributed by atoms with Gasteiger partial charge in [-0.1, -0.05) is 0 Å². The van der Waals surface area contributed by atoms with E-state index in [9.17, 15) is 4.79 Å². The number of hydrogen-bond donors (Lipinski definition) is 2. The minimum atomic E-state index is 0.109. The molecule has 1 aliphatic heterocycles. The van der Waals surface area contributed by atoms with Crippen molar-refractivity contribution in [3.8, 4) is 0 Å². The highest BCUT2D eigenvalue weighted by Gasteiger charge is 2.13. The van der Waals surface area contributed by atoms with Gasteiger partial charge in [-0.25, -0.2) is 0 Å². The van der Waals surface area contributed by atoms with Gasteiger partial charge in [0.2, 0.25) is 5.91 Å². The van der Waals surface area contributed by atoms with Gasteiger partial charge < -0.3 is 11.1 Å². The maximum Gasteiger partial charge on any atom is 0.234 e. The fraction of sp³-hybridized carbons (Fsp3) is 0.600. The van der Waals surface area contributed by atoms with Gasteiger partial charge in [0.1, 0.15) is 5.82 Å². The molecule has 1 fully saturated rings. The Morgan fingerprint density at radius 1 is 1.50 bits per heavy atom. The topological polar surface area (TPSA) is 76.2 Å². The molecule has 0 unspecified atom stereocenters. The molecule has 88 valence electrons. The Kier molecular flexibility index (Phi) is 3.40. The van der Waals surface area contributed by atoms with E-state index in [2.05, 4.69) is 15.3 Å². The van der Waals surface area contributed by atoms with Crippen molar-refractivity contribution in [2.24, 2.45) is 0 Å². The normalized spacial score (nSPS) is 18.1. The molecule has 1 amide bonds. The van der Waals surface area contributed by atoms with Gasteiger partial charge in [-0.3, -0.25) is 14.4 Å². The lowest BCUT2D eigenvalue weighted by atomic mass is 10.4. The molecule has 6 nitrogen and oxygen atoms in total. The highest BCUT2D eigenvalue weighted by molar-refractivity contribution is 5.78. The van der Waals surface area contributed by atoms with Gasteiger partial charge in [0.05, 0.1) is 13.1 Å². The first-order chi connectivity index (χ1) is 7.74. The molecule has 0 saturated carbocycles. The molecule has 0 atom stereocenters. The van der Waals surface area contributed by atoms with E-state index >= 15 is 0 Å². The lowest BCUT2D eigenvalue weighted by molar-refractivity contribution is -0.121. The van der Waals surface area contributed by atoms with E-state index in [0.717, 1.165) is 32.6 Å². The number of carbonyl (C=O) groups excluding carboxylic acids is 1. The van der Waals surface area contributed by atoms with Crippen LogP contribution >= 0.6 is 0 Å². The zero-order chi connectivity index (χ0) is 11.4. The lowest BCUT2D eigenvalue weighted by Gasteiger charge is -2.17. The SMILES string of the molecule is Nc1ccn(CCN2CCCNC(=O)C2)n1. The second-order valence-electron chi connectivity index (χ2n) is 3.98. The molecule has 3 N–H and O–H groups in total. The van der Waals surface area contributed by atoms with Crippen molar-refractivity contribution in [2.75, 3.05) is 31.9 Å². The quantitative estimate of drug-likeness (QED) is 0.709. The second-order valence-corrected chi connectivity index (χ2v) is 3.98. The number of rotatable bonds is 3. The summed E-state index contributed by atoms with van der Waals surface area (Å²) in [7, 11) is 0. The minimum absolute atomic E-state index is 0.109. The van der Waals surface area contributed by atoms with Gasteiger partial charge in [0.15, 0.2) is 0 Å². The molecule has 0 aromatic carbocycles. The van der Waals surface area contributed by atoms with Crippen LogP contribution in [-0.4, -0.2) is 46.8 Å². The highest BCUT2D eigenvalue weighted by Crippen LogP contribution is 1.99. The highest BCUT2D eigenvalue weighted by atomic mass is 16.2. The number of carbonyl (C=O) groups is 1. The summed E-state index contributed by atoms with van der Waals surface area (Å²) in [6.45, 7) is 3.81. The Bertz CT molecular complexity index is 362. The summed E-state index contributed by atoms with van der Waals surface area (Å²) in [6.07, 6.45) is 2.86. The van der Waals surface area contributed by atoms with Crippen molar-refractivity contribution in [2.45, 2.75) is 13.0 Å². The molecule has 16 heavy (non-hydrogen) atoms. The third-order valence-corrected chi connectivity index (χ3v) is 2.65. The molecule has 0 spiro atoms. The van der Waals surface area contributed by atoms with E-state index in [1.165, 1.54) is 0 Å². The maximum atomic E-state index is 11.3. The number of anilines is 1. The summed E-state index contributed by atoms with van der Waals surface area (Å²) in [5.74, 6) is 0.645. The smallest absolute Gasteiger partial charge is 0.234 e. The molecule has 2 rings (SSSR count). The zero-order valence-corrected chi connectivity index (χ0v) is 9.22. The largest absolute Gasteiger partial charge is 0.382 e. The average molecular weight is 223 g/mol. The Morgan fingerprint density at radius 2 is 2.38 bits per heavy atom. The van der Waals surface area contributed by atoms with Gasteiger partial charge in [-0.05, 0) is 12.5 Å². The summed E-state index contributed by atoms with van der Waals surface area (Å²) in [6, 6.07) is 1.77. The Hall–Kier alpha value is -1.56. The average Bonchev–Trinajstić information content (AvgIpc) is 2.55. The van der Waals surface area contributed by atoms with Crippen LogP contribution in [0.1, 0.15) is 6.42 Å². The van der Waals surface area contributed by atoms with Gasteiger partial charge >= 0.3 is 0 Å². The lowest BCUT2D eigenvalue weighted by Crippen LogP contribution is -2.35. The van der Waals surface area contributed by atoms with Crippen LogP contribution in [0, 0.1) is 0 Å². The number of amides is 1. The Labute approximate surface area is 94.4 Å². The monoisotopic (exact) mass is 223 g/mol. The molecule has 0 bridgehead atoms. The third kappa shape index (κ3) is 2.96. The number of aromatic nitrogens is 2. The van der Waals surface area contributed by atoms with Crippen molar-refractivity contribution in [1.29, 1.82) is 0 Å². The Morgan fingerprint density at radius 3 is 3.12 bits per heavy atom. The van der Waals surface area contributed by atoms with Gasteiger partial charge in [-0.2, -0.15) is 5.10 Å². The van der Waals surface area contributed by atoms with Crippen LogP contribution in [0.5, 0.6) is 0 Å². The summed E-state index contributed by atoms with van der Waals surface area (Å²) < 4.78 is 1.80. The minimum Gasteiger partial charge on any atom is -0.382 e. The van der Waals surface area contributed by atoms with E-state index in [0.29, 0.717) is 12.4 Å².